The maximum Gasteiger partial charge on any atom is 0.201 e. The van der Waals surface area contributed by atoms with Gasteiger partial charge < -0.3 is 4.74 Å². The molecule has 0 unspecified atom stereocenters. The highest BCUT2D eigenvalue weighted by Gasteiger charge is 2.12. The monoisotopic (exact) mass is 294 g/mol. The average Bonchev–Trinajstić information content (AvgIpc) is 2.70. The molecule has 0 aliphatic carbocycles. The highest BCUT2D eigenvalue weighted by molar-refractivity contribution is 7.12. The van der Waals surface area contributed by atoms with Crippen molar-refractivity contribution >= 4 is 28.7 Å². The van der Waals surface area contributed by atoms with E-state index < -0.39 is 0 Å². The lowest BCUT2D eigenvalue weighted by Gasteiger charge is -2.07. The highest BCUT2D eigenvalue weighted by atomic mass is 35.5. The molecule has 0 atom stereocenters. The summed E-state index contributed by atoms with van der Waals surface area (Å²) in [5, 5.41) is 0.697. The van der Waals surface area contributed by atoms with E-state index in [0.29, 0.717) is 10.8 Å². The largest absolute Gasteiger partial charge is 0.485 e. The number of benzene rings is 1. The standard InChI is InChI=1S/C15H15ClO2S/c1-9-6-12(4-5-14(9)16)18-8-15(17)13-7-10(2)19-11(13)3/h4-7H,8H2,1-3H3. The van der Waals surface area contributed by atoms with Crippen molar-refractivity contribution in [2.45, 2.75) is 20.8 Å². The Bertz CT molecular complexity index is 617. The summed E-state index contributed by atoms with van der Waals surface area (Å²) in [6.45, 7) is 5.91. The molecule has 1 aromatic carbocycles. The molecule has 19 heavy (non-hydrogen) atoms. The van der Waals surface area contributed by atoms with Gasteiger partial charge in [-0.1, -0.05) is 11.6 Å². The van der Waals surface area contributed by atoms with Crippen molar-refractivity contribution in [2.75, 3.05) is 6.61 Å². The Morgan fingerprint density at radius 1 is 1.26 bits per heavy atom. The minimum atomic E-state index is 0.00875. The normalized spacial score (nSPS) is 10.5. The van der Waals surface area contributed by atoms with Crippen LogP contribution < -0.4 is 4.74 Å². The van der Waals surface area contributed by atoms with Crippen LogP contribution in [0.1, 0.15) is 25.7 Å². The number of carbonyl (C=O) groups excluding carboxylic acids is 1. The lowest BCUT2D eigenvalue weighted by Crippen LogP contribution is -2.11. The SMILES string of the molecule is Cc1cc(C(=O)COc2ccc(Cl)c(C)c2)c(C)s1. The fourth-order valence-corrected chi connectivity index (χ4v) is 2.90. The predicted molar refractivity (Wildman–Crippen MR) is 79.8 cm³/mol. The average molecular weight is 295 g/mol. The molecular formula is C15H15ClO2S. The molecule has 0 amide bonds. The van der Waals surface area contributed by atoms with Crippen LogP contribution >= 0.6 is 22.9 Å². The molecule has 0 fully saturated rings. The van der Waals surface area contributed by atoms with Gasteiger partial charge in [0.15, 0.2) is 6.61 Å². The summed E-state index contributed by atoms with van der Waals surface area (Å²) in [7, 11) is 0. The number of halogens is 1. The lowest BCUT2D eigenvalue weighted by atomic mass is 10.2. The van der Waals surface area contributed by atoms with Gasteiger partial charge >= 0.3 is 0 Å². The van der Waals surface area contributed by atoms with E-state index in [1.807, 2.05) is 32.9 Å². The van der Waals surface area contributed by atoms with Crippen molar-refractivity contribution in [3.63, 3.8) is 0 Å². The molecule has 4 heteroatoms. The van der Waals surface area contributed by atoms with Gasteiger partial charge in [0, 0.05) is 20.3 Å². The summed E-state index contributed by atoms with van der Waals surface area (Å²) >= 11 is 7.57. The summed E-state index contributed by atoms with van der Waals surface area (Å²) in [4.78, 5) is 14.2. The van der Waals surface area contributed by atoms with Crippen molar-refractivity contribution in [1.29, 1.82) is 0 Å². The van der Waals surface area contributed by atoms with E-state index in [4.69, 9.17) is 16.3 Å². The van der Waals surface area contributed by atoms with E-state index in [1.165, 1.54) is 0 Å². The van der Waals surface area contributed by atoms with Crippen LogP contribution in [0.3, 0.4) is 0 Å². The van der Waals surface area contributed by atoms with E-state index in [-0.39, 0.29) is 12.4 Å². The maximum atomic E-state index is 12.1. The number of rotatable bonds is 4. The van der Waals surface area contributed by atoms with Gasteiger partial charge in [-0.15, -0.1) is 11.3 Å². The van der Waals surface area contributed by atoms with Gasteiger partial charge in [0.25, 0.3) is 0 Å². The third kappa shape index (κ3) is 3.37. The third-order valence-electron chi connectivity index (χ3n) is 2.84. The third-order valence-corrected chi connectivity index (χ3v) is 4.23. The number of aryl methyl sites for hydroxylation is 3. The topological polar surface area (TPSA) is 26.3 Å². The first-order valence-corrected chi connectivity index (χ1v) is 7.16. The number of ketones is 1. The summed E-state index contributed by atoms with van der Waals surface area (Å²) in [6, 6.07) is 7.30. The number of Topliss-reactive ketones (excluding diaryl/α,β-unsaturated/α-hetero) is 1. The molecule has 0 bridgehead atoms. The molecule has 0 saturated heterocycles. The number of ether oxygens (including phenoxy) is 1. The predicted octanol–water partition coefficient (Wildman–Crippen LogP) is 4.59. The van der Waals surface area contributed by atoms with Crippen LogP contribution in [0.25, 0.3) is 0 Å². The summed E-state index contributed by atoms with van der Waals surface area (Å²) in [6.07, 6.45) is 0. The van der Waals surface area contributed by atoms with Crippen LogP contribution in [0.2, 0.25) is 5.02 Å². The van der Waals surface area contributed by atoms with E-state index in [0.717, 1.165) is 20.9 Å². The fourth-order valence-electron chi connectivity index (χ4n) is 1.84. The molecule has 1 aromatic heterocycles. The molecule has 2 nitrogen and oxygen atoms in total. The van der Waals surface area contributed by atoms with Crippen LogP contribution in [0, 0.1) is 20.8 Å². The zero-order chi connectivity index (χ0) is 14.0. The number of hydrogen-bond acceptors (Lipinski definition) is 3. The first-order valence-electron chi connectivity index (χ1n) is 5.96. The molecule has 0 saturated carbocycles. The summed E-state index contributed by atoms with van der Waals surface area (Å²) in [5.41, 5.74) is 1.70. The van der Waals surface area contributed by atoms with Crippen LogP contribution in [-0.4, -0.2) is 12.4 Å². The Hall–Kier alpha value is -1.32. The van der Waals surface area contributed by atoms with Crippen molar-refractivity contribution in [3.8, 4) is 5.75 Å². The van der Waals surface area contributed by atoms with E-state index in [9.17, 15) is 4.79 Å². The Morgan fingerprint density at radius 3 is 2.58 bits per heavy atom. The van der Waals surface area contributed by atoms with Gasteiger partial charge in [0.05, 0.1) is 0 Å². The molecule has 2 aromatic rings. The molecule has 100 valence electrons. The summed E-state index contributed by atoms with van der Waals surface area (Å²) < 4.78 is 5.52. The van der Waals surface area contributed by atoms with Crippen molar-refractivity contribution in [3.05, 3.63) is 50.2 Å². The smallest absolute Gasteiger partial charge is 0.201 e. The number of hydrogen-bond donors (Lipinski definition) is 0. The summed E-state index contributed by atoms with van der Waals surface area (Å²) in [5.74, 6) is 0.675. The van der Waals surface area contributed by atoms with Gasteiger partial charge in [-0.05, 0) is 50.6 Å². The Morgan fingerprint density at radius 2 is 2.00 bits per heavy atom. The Balaban J connectivity index is 2.04. The van der Waals surface area contributed by atoms with Gasteiger partial charge in [-0.2, -0.15) is 0 Å². The fraction of sp³-hybridized carbons (Fsp3) is 0.267. The zero-order valence-electron chi connectivity index (χ0n) is 11.1. The molecule has 0 radical (unpaired) electrons. The van der Waals surface area contributed by atoms with Crippen LogP contribution in [0.15, 0.2) is 24.3 Å². The van der Waals surface area contributed by atoms with Crippen molar-refractivity contribution < 1.29 is 9.53 Å². The lowest BCUT2D eigenvalue weighted by molar-refractivity contribution is 0.0921. The second kappa shape index (κ2) is 5.76. The molecule has 0 aliphatic heterocycles. The van der Waals surface area contributed by atoms with E-state index in [2.05, 4.69) is 0 Å². The van der Waals surface area contributed by atoms with E-state index in [1.54, 1.807) is 23.5 Å². The molecular weight excluding hydrogens is 280 g/mol. The highest BCUT2D eigenvalue weighted by Crippen LogP contribution is 2.23. The van der Waals surface area contributed by atoms with Crippen molar-refractivity contribution in [2.24, 2.45) is 0 Å². The van der Waals surface area contributed by atoms with Crippen LogP contribution in [-0.2, 0) is 0 Å². The first-order chi connectivity index (χ1) is 8.97. The van der Waals surface area contributed by atoms with Gasteiger partial charge in [-0.3, -0.25) is 4.79 Å². The Kier molecular flexibility index (Phi) is 4.27. The minimum Gasteiger partial charge on any atom is -0.485 e. The molecule has 0 spiro atoms. The first kappa shape index (κ1) is 14.1. The van der Waals surface area contributed by atoms with Crippen molar-refractivity contribution in [1.82, 2.24) is 0 Å². The van der Waals surface area contributed by atoms with Gasteiger partial charge in [0.2, 0.25) is 5.78 Å². The molecule has 1 heterocycles. The quantitative estimate of drug-likeness (QED) is 0.771. The number of carbonyl (C=O) groups is 1. The second-order valence-electron chi connectivity index (χ2n) is 4.45. The Labute approximate surface area is 122 Å². The molecule has 0 N–H and O–H groups in total. The molecule has 2 rings (SSSR count). The maximum absolute atomic E-state index is 12.1. The van der Waals surface area contributed by atoms with Gasteiger partial charge in [0.1, 0.15) is 5.75 Å². The van der Waals surface area contributed by atoms with E-state index >= 15 is 0 Å². The minimum absolute atomic E-state index is 0.00875. The second-order valence-corrected chi connectivity index (χ2v) is 6.32. The van der Waals surface area contributed by atoms with Gasteiger partial charge in [-0.25, -0.2) is 0 Å². The zero-order valence-corrected chi connectivity index (χ0v) is 12.7. The van der Waals surface area contributed by atoms with Crippen LogP contribution in [0.5, 0.6) is 5.75 Å². The molecule has 0 aliphatic rings. The van der Waals surface area contributed by atoms with Crippen LogP contribution in [0.4, 0.5) is 0 Å². The number of thiophene rings is 1.